The first kappa shape index (κ1) is 14.6. The average Bonchev–Trinajstić information content (AvgIpc) is 2.36. The fraction of sp³-hybridized carbons (Fsp3) is 0.214. The molecule has 0 aliphatic heterocycles. The van der Waals surface area contributed by atoms with Gasteiger partial charge in [-0.25, -0.2) is 9.59 Å². The van der Waals surface area contributed by atoms with Gasteiger partial charge >= 0.3 is 11.6 Å². The fourth-order valence-corrected chi connectivity index (χ4v) is 2.02. The molecule has 0 fully saturated rings. The second-order valence-corrected chi connectivity index (χ2v) is 4.66. The van der Waals surface area contributed by atoms with E-state index in [-0.39, 0.29) is 6.42 Å². The van der Waals surface area contributed by atoms with Gasteiger partial charge in [-0.05, 0) is 24.6 Å². The fourth-order valence-electron chi connectivity index (χ4n) is 2.02. The molecule has 1 atom stereocenters. The first-order valence-electron chi connectivity index (χ1n) is 6.19. The molecule has 0 aliphatic carbocycles. The zero-order valence-corrected chi connectivity index (χ0v) is 11.3. The zero-order valence-electron chi connectivity index (χ0n) is 11.3. The van der Waals surface area contributed by atoms with E-state index in [0.717, 1.165) is 10.9 Å². The standard InChI is InChI=1S/C14H14N2O5/c1-7-4-13(18)21-11-5-8(2-3-9(7)11)16-10(14(19)20)6-12(15)17/h2-5,10,16H,6H2,1H3,(H2,15,17)(H,19,20). The molecule has 21 heavy (non-hydrogen) atoms. The van der Waals surface area contributed by atoms with Crippen LogP contribution in [0.15, 0.2) is 33.5 Å². The van der Waals surface area contributed by atoms with E-state index in [1.165, 1.54) is 12.1 Å². The summed E-state index contributed by atoms with van der Waals surface area (Å²) in [6.07, 6.45) is -0.342. The van der Waals surface area contributed by atoms with Crippen molar-refractivity contribution in [3.8, 4) is 0 Å². The molecule has 1 aromatic carbocycles. The Balaban J connectivity index is 2.36. The van der Waals surface area contributed by atoms with Crippen LogP contribution in [0.2, 0.25) is 0 Å². The minimum Gasteiger partial charge on any atom is -0.480 e. The van der Waals surface area contributed by atoms with E-state index in [4.69, 9.17) is 15.3 Å². The summed E-state index contributed by atoms with van der Waals surface area (Å²) in [5.41, 5.74) is 6.06. The lowest BCUT2D eigenvalue weighted by molar-refractivity contribution is -0.139. The summed E-state index contributed by atoms with van der Waals surface area (Å²) in [5.74, 6) is -1.92. The predicted octanol–water partition coefficient (Wildman–Crippen LogP) is 0.842. The third kappa shape index (κ3) is 3.38. The van der Waals surface area contributed by atoms with Crippen LogP contribution in [0.5, 0.6) is 0 Å². The summed E-state index contributed by atoms with van der Waals surface area (Å²) < 4.78 is 5.07. The van der Waals surface area contributed by atoms with E-state index < -0.39 is 23.5 Å². The Morgan fingerprint density at radius 1 is 1.38 bits per heavy atom. The smallest absolute Gasteiger partial charge is 0.336 e. The molecule has 0 radical (unpaired) electrons. The second-order valence-electron chi connectivity index (χ2n) is 4.66. The van der Waals surface area contributed by atoms with Gasteiger partial charge in [-0.2, -0.15) is 0 Å². The molecule has 1 amide bonds. The number of carbonyl (C=O) groups excluding carboxylic acids is 1. The van der Waals surface area contributed by atoms with Crippen LogP contribution in [0.4, 0.5) is 5.69 Å². The van der Waals surface area contributed by atoms with Crippen LogP contribution in [0, 0.1) is 6.92 Å². The third-order valence-electron chi connectivity index (χ3n) is 3.00. The molecule has 7 nitrogen and oxygen atoms in total. The summed E-state index contributed by atoms with van der Waals surface area (Å²) >= 11 is 0. The van der Waals surface area contributed by atoms with Crippen molar-refractivity contribution >= 4 is 28.5 Å². The molecule has 1 heterocycles. The van der Waals surface area contributed by atoms with Gasteiger partial charge in [0.1, 0.15) is 11.6 Å². The monoisotopic (exact) mass is 290 g/mol. The molecule has 110 valence electrons. The van der Waals surface area contributed by atoms with Crippen molar-refractivity contribution in [1.82, 2.24) is 0 Å². The number of hydrogen-bond acceptors (Lipinski definition) is 5. The number of carboxylic acid groups (broad SMARTS) is 1. The van der Waals surface area contributed by atoms with Crippen LogP contribution in [-0.4, -0.2) is 23.0 Å². The summed E-state index contributed by atoms with van der Waals surface area (Å²) in [6, 6.07) is 5.10. The van der Waals surface area contributed by atoms with Crippen molar-refractivity contribution in [2.45, 2.75) is 19.4 Å². The molecule has 2 aromatic rings. The predicted molar refractivity (Wildman–Crippen MR) is 76.1 cm³/mol. The van der Waals surface area contributed by atoms with E-state index >= 15 is 0 Å². The van der Waals surface area contributed by atoms with Gasteiger partial charge in [-0.1, -0.05) is 0 Å². The number of amides is 1. The van der Waals surface area contributed by atoms with Gasteiger partial charge in [-0.3, -0.25) is 4.79 Å². The maximum absolute atomic E-state index is 11.3. The molecule has 4 N–H and O–H groups in total. The summed E-state index contributed by atoms with van der Waals surface area (Å²) in [4.78, 5) is 33.3. The van der Waals surface area contributed by atoms with Gasteiger partial charge in [0.25, 0.3) is 0 Å². The van der Waals surface area contributed by atoms with Crippen LogP contribution in [0.1, 0.15) is 12.0 Å². The highest BCUT2D eigenvalue weighted by atomic mass is 16.4. The highest BCUT2D eigenvalue weighted by Crippen LogP contribution is 2.21. The minimum absolute atomic E-state index is 0.341. The van der Waals surface area contributed by atoms with Crippen LogP contribution >= 0.6 is 0 Å². The molecule has 1 aromatic heterocycles. The van der Waals surface area contributed by atoms with Crippen molar-refractivity contribution in [3.63, 3.8) is 0 Å². The molecule has 0 spiro atoms. The van der Waals surface area contributed by atoms with E-state index in [1.807, 2.05) is 0 Å². The Morgan fingerprint density at radius 2 is 2.10 bits per heavy atom. The number of hydrogen-bond donors (Lipinski definition) is 3. The van der Waals surface area contributed by atoms with Crippen molar-refractivity contribution in [3.05, 3.63) is 40.2 Å². The second kappa shape index (κ2) is 5.66. The number of aryl methyl sites for hydroxylation is 1. The van der Waals surface area contributed by atoms with Gasteiger partial charge in [-0.15, -0.1) is 0 Å². The molecule has 0 bridgehead atoms. The lowest BCUT2D eigenvalue weighted by Crippen LogP contribution is -2.33. The maximum atomic E-state index is 11.3. The SMILES string of the molecule is Cc1cc(=O)oc2cc(NC(CC(N)=O)C(=O)O)ccc12. The molecule has 2 rings (SSSR count). The lowest BCUT2D eigenvalue weighted by atomic mass is 10.1. The number of carboxylic acids is 1. The largest absolute Gasteiger partial charge is 0.480 e. The van der Waals surface area contributed by atoms with Gasteiger partial charge in [0, 0.05) is 23.2 Å². The summed E-state index contributed by atoms with van der Waals surface area (Å²) in [7, 11) is 0. The normalized spacial score (nSPS) is 12.0. The minimum atomic E-state index is -1.19. The first-order chi connectivity index (χ1) is 9.86. The number of nitrogens with one attached hydrogen (secondary N) is 1. The number of anilines is 1. The van der Waals surface area contributed by atoms with E-state index in [2.05, 4.69) is 5.32 Å². The number of benzene rings is 1. The Bertz CT molecular complexity index is 766. The Hall–Kier alpha value is -2.83. The van der Waals surface area contributed by atoms with E-state index in [0.29, 0.717) is 11.3 Å². The quantitative estimate of drug-likeness (QED) is 0.701. The number of carbonyl (C=O) groups is 2. The Morgan fingerprint density at radius 3 is 2.71 bits per heavy atom. The lowest BCUT2D eigenvalue weighted by Gasteiger charge is -2.14. The van der Waals surface area contributed by atoms with Crippen molar-refractivity contribution in [1.29, 1.82) is 0 Å². The number of nitrogens with two attached hydrogens (primary N) is 1. The number of fused-ring (bicyclic) bond motifs is 1. The molecule has 0 saturated heterocycles. The Kier molecular flexibility index (Phi) is 3.93. The van der Waals surface area contributed by atoms with E-state index in [1.54, 1.807) is 19.1 Å². The highest BCUT2D eigenvalue weighted by Gasteiger charge is 2.19. The van der Waals surface area contributed by atoms with E-state index in [9.17, 15) is 14.4 Å². The topological polar surface area (TPSA) is 123 Å². The Labute approximate surface area is 119 Å². The van der Waals surface area contributed by atoms with Gasteiger partial charge in [0.05, 0.1) is 6.42 Å². The molecular formula is C14H14N2O5. The first-order valence-corrected chi connectivity index (χ1v) is 6.19. The summed E-state index contributed by atoms with van der Waals surface area (Å²) in [6.45, 7) is 1.78. The van der Waals surface area contributed by atoms with Crippen LogP contribution in [0.25, 0.3) is 11.0 Å². The van der Waals surface area contributed by atoms with Crippen LogP contribution < -0.4 is 16.7 Å². The summed E-state index contributed by atoms with van der Waals surface area (Å²) in [5, 5.41) is 12.5. The number of rotatable bonds is 5. The van der Waals surface area contributed by atoms with Crippen LogP contribution in [-0.2, 0) is 9.59 Å². The molecular weight excluding hydrogens is 276 g/mol. The zero-order chi connectivity index (χ0) is 15.6. The van der Waals surface area contributed by atoms with Gasteiger partial charge < -0.3 is 20.6 Å². The molecule has 7 heteroatoms. The van der Waals surface area contributed by atoms with Gasteiger partial charge in [0.2, 0.25) is 5.91 Å². The average molecular weight is 290 g/mol. The van der Waals surface area contributed by atoms with Gasteiger partial charge in [0.15, 0.2) is 0 Å². The molecule has 0 saturated carbocycles. The number of aliphatic carboxylic acids is 1. The number of primary amides is 1. The van der Waals surface area contributed by atoms with Crippen molar-refractivity contribution in [2.75, 3.05) is 5.32 Å². The maximum Gasteiger partial charge on any atom is 0.336 e. The van der Waals surface area contributed by atoms with Crippen molar-refractivity contribution in [2.24, 2.45) is 5.73 Å². The van der Waals surface area contributed by atoms with Crippen molar-refractivity contribution < 1.29 is 19.1 Å². The molecule has 0 aliphatic rings. The molecule has 1 unspecified atom stereocenters. The van der Waals surface area contributed by atoms with Crippen LogP contribution in [0.3, 0.4) is 0 Å². The highest BCUT2D eigenvalue weighted by molar-refractivity contribution is 5.87. The third-order valence-corrected chi connectivity index (χ3v) is 3.00.